The van der Waals surface area contributed by atoms with E-state index in [1.54, 1.807) is 7.11 Å². The molecule has 0 aromatic rings. The van der Waals surface area contributed by atoms with Crippen LogP contribution in [0, 0.1) is 12.3 Å². The summed E-state index contributed by atoms with van der Waals surface area (Å²) in [6.07, 6.45) is 6.36. The van der Waals surface area contributed by atoms with E-state index in [1.807, 2.05) is 20.8 Å². The van der Waals surface area contributed by atoms with E-state index < -0.39 is 17.2 Å². The third-order valence-corrected chi connectivity index (χ3v) is 2.50. The minimum Gasteiger partial charge on any atom is -0.444 e. The van der Waals surface area contributed by atoms with Gasteiger partial charge >= 0.3 is 6.09 Å². The van der Waals surface area contributed by atoms with E-state index in [4.69, 9.17) is 15.9 Å². The average molecular weight is 225 g/mol. The molecule has 0 bridgehead atoms. The summed E-state index contributed by atoms with van der Waals surface area (Å²) in [4.78, 5) is 11.6. The van der Waals surface area contributed by atoms with Crippen molar-refractivity contribution in [1.29, 1.82) is 0 Å². The molecule has 0 heterocycles. The maximum Gasteiger partial charge on any atom is 0.408 e. The van der Waals surface area contributed by atoms with Crippen LogP contribution >= 0.6 is 0 Å². The molecule has 0 saturated heterocycles. The summed E-state index contributed by atoms with van der Waals surface area (Å²) >= 11 is 0. The fraction of sp³-hybridized carbons (Fsp3) is 0.750. The molecule has 1 rings (SSSR count). The third kappa shape index (κ3) is 3.14. The number of methoxy groups -OCH3 is 1. The quantitative estimate of drug-likeness (QED) is 0.727. The molecule has 1 saturated carbocycles. The Bertz CT molecular complexity index is 305. The fourth-order valence-corrected chi connectivity index (χ4v) is 1.64. The number of amides is 1. The first kappa shape index (κ1) is 12.9. The number of terminal acetylenes is 1. The van der Waals surface area contributed by atoms with E-state index in [-0.39, 0.29) is 6.10 Å². The lowest BCUT2D eigenvalue weighted by Crippen LogP contribution is -2.59. The average Bonchev–Trinajstić information content (AvgIpc) is 2.07. The molecule has 90 valence electrons. The van der Waals surface area contributed by atoms with Crippen LogP contribution in [0.3, 0.4) is 0 Å². The van der Waals surface area contributed by atoms with Gasteiger partial charge in [0.05, 0.1) is 6.10 Å². The van der Waals surface area contributed by atoms with Crippen molar-refractivity contribution in [3.63, 3.8) is 0 Å². The normalized spacial score (nSPS) is 28.8. The van der Waals surface area contributed by atoms with Crippen LogP contribution < -0.4 is 5.32 Å². The first-order chi connectivity index (χ1) is 7.30. The lowest BCUT2D eigenvalue weighted by atomic mass is 9.75. The van der Waals surface area contributed by atoms with E-state index in [0.717, 1.165) is 0 Å². The van der Waals surface area contributed by atoms with E-state index in [0.29, 0.717) is 12.8 Å². The lowest BCUT2D eigenvalue weighted by molar-refractivity contribution is -0.0138. The molecule has 1 fully saturated rings. The summed E-state index contributed by atoms with van der Waals surface area (Å²) in [6, 6.07) is 0. The van der Waals surface area contributed by atoms with Crippen LogP contribution in [0.15, 0.2) is 0 Å². The molecule has 0 radical (unpaired) electrons. The van der Waals surface area contributed by atoms with E-state index in [2.05, 4.69) is 11.2 Å². The second kappa shape index (κ2) is 4.34. The van der Waals surface area contributed by atoms with Gasteiger partial charge in [0.1, 0.15) is 11.1 Å². The van der Waals surface area contributed by atoms with Gasteiger partial charge in [0, 0.05) is 20.0 Å². The molecule has 4 nitrogen and oxygen atoms in total. The number of carbonyl (C=O) groups is 1. The number of hydrogen-bond donors (Lipinski definition) is 1. The van der Waals surface area contributed by atoms with Crippen molar-refractivity contribution >= 4 is 6.09 Å². The minimum atomic E-state index is -0.594. The summed E-state index contributed by atoms with van der Waals surface area (Å²) < 4.78 is 10.3. The molecule has 0 aliphatic heterocycles. The van der Waals surface area contributed by atoms with Crippen LogP contribution in [-0.2, 0) is 9.47 Å². The summed E-state index contributed by atoms with van der Waals surface area (Å²) in [6.45, 7) is 5.44. The van der Waals surface area contributed by atoms with Gasteiger partial charge in [0.25, 0.3) is 0 Å². The lowest BCUT2D eigenvalue weighted by Gasteiger charge is -2.43. The molecule has 1 aliphatic carbocycles. The van der Waals surface area contributed by atoms with Gasteiger partial charge in [-0.05, 0) is 20.8 Å². The predicted octanol–water partition coefficient (Wildman–Crippen LogP) is 1.69. The number of nitrogens with one attached hydrogen (secondary N) is 1. The van der Waals surface area contributed by atoms with Gasteiger partial charge in [-0.3, -0.25) is 0 Å². The SMILES string of the molecule is C#CC1(NC(=O)OC(C)(C)C)CC(OC)C1. The van der Waals surface area contributed by atoms with E-state index in [9.17, 15) is 4.79 Å². The van der Waals surface area contributed by atoms with Crippen molar-refractivity contribution in [2.24, 2.45) is 0 Å². The number of ether oxygens (including phenoxy) is 2. The van der Waals surface area contributed by atoms with Crippen LogP contribution in [0.4, 0.5) is 4.79 Å². The first-order valence-corrected chi connectivity index (χ1v) is 5.32. The Morgan fingerprint density at radius 3 is 2.44 bits per heavy atom. The van der Waals surface area contributed by atoms with Gasteiger partial charge in [-0.1, -0.05) is 5.92 Å². The molecule has 16 heavy (non-hydrogen) atoms. The van der Waals surface area contributed by atoms with E-state index in [1.165, 1.54) is 0 Å². The molecule has 0 aromatic carbocycles. The highest BCUT2D eigenvalue weighted by molar-refractivity contribution is 5.70. The van der Waals surface area contributed by atoms with Crippen molar-refractivity contribution < 1.29 is 14.3 Å². The number of carbonyl (C=O) groups excluding carboxylic acids is 1. The maximum atomic E-state index is 11.6. The van der Waals surface area contributed by atoms with Gasteiger partial charge in [-0.15, -0.1) is 6.42 Å². The van der Waals surface area contributed by atoms with Crippen molar-refractivity contribution in [2.45, 2.75) is 50.9 Å². The Balaban J connectivity index is 2.48. The van der Waals surface area contributed by atoms with Gasteiger partial charge in [0.2, 0.25) is 0 Å². The van der Waals surface area contributed by atoms with Crippen LogP contribution in [0.5, 0.6) is 0 Å². The van der Waals surface area contributed by atoms with Crippen molar-refractivity contribution in [3.8, 4) is 12.3 Å². The van der Waals surface area contributed by atoms with Gasteiger partial charge in [0.15, 0.2) is 0 Å². The largest absolute Gasteiger partial charge is 0.444 e. The topological polar surface area (TPSA) is 47.6 Å². The highest BCUT2D eigenvalue weighted by Gasteiger charge is 2.45. The zero-order valence-corrected chi connectivity index (χ0v) is 10.3. The third-order valence-electron chi connectivity index (χ3n) is 2.50. The van der Waals surface area contributed by atoms with Gasteiger partial charge < -0.3 is 14.8 Å². The minimum absolute atomic E-state index is 0.131. The molecule has 0 spiro atoms. The monoisotopic (exact) mass is 225 g/mol. The van der Waals surface area contributed by atoms with Crippen molar-refractivity contribution in [1.82, 2.24) is 5.32 Å². The van der Waals surface area contributed by atoms with Crippen LogP contribution in [0.1, 0.15) is 33.6 Å². The summed E-state index contributed by atoms with van der Waals surface area (Å²) in [5.41, 5.74) is -1.10. The highest BCUT2D eigenvalue weighted by Crippen LogP contribution is 2.33. The smallest absolute Gasteiger partial charge is 0.408 e. The Kier molecular flexibility index (Phi) is 3.49. The second-order valence-electron chi connectivity index (χ2n) is 5.12. The van der Waals surface area contributed by atoms with Crippen LogP contribution in [-0.4, -0.2) is 30.4 Å². The molecule has 1 aliphatic rings. The molecule has 4 heteroatoms. The zero-order chi connectivity index (χ0) is 12.4. The first-order valence-electron chi connectivity index (χ1n) is 5.32. The van der Waals surface area contributed by atoms with Crippen molar-refractivity contribution in [3.05, 3.63) is 0 Å². The standard InChI is InChI=1S/C12H19NO3/c1-6-12(7-9(8-12)15-5)13-10(14)16-11(2,3)4/h1,9H,7-8H2,2-5H3,(H,13,14). The molecular weight excluding hydrogens is 206 g/mol. The number of rotatable bonds is 2. The molecule has 1 N–H and O–H groups in total. The van der Waals surface area contributed by atoms with Crippen LogP contribution in [0.2, 0.25) is 0 Å². The number of hydrogen-bond acceptors (Lipinski definition) is 3. The van der Waals surface area contributed by atoms with Gasteiger partial charge in [-0.25, -0.2) is 4.79 Å². The van der Waals surface area contributed by atoms with Crippen LogP contribution in [0.25, 0.3) is 0 Å². The summed E-state index contributed by atoms with van der Waals surface area (Å²) in [7, 11) is 1.64. The molecule has 0 unspecified atom stereocenters. The molecule has 0 aromatic heterocycles. The Labute approximate surface area is 96.7 Å². The predicted molar refractivity (Wildman–Crippen MR) is 61.0 cm³/mol. The second-order valence-corrected chi connectivity index (χ2v) is 5.12. The molecule has 1 amide bonds. The van der Waals surface area contributed by atoms with E-state index >= 15 is 0 Å². The number of alkyl carbamates (subject to hydrolysis) is 1. The maximum absolute atomic E-state index is 11.6. The Morgan fingerprint density at radius 2 is 2.06 bits per heavy atom. The zero-order valence-electron chi connectivity index (χ0n) is 10.3. The molecular formula is C12H19NO3. The summed E-state index contributed by atoms with van der Waals surface area (Å²) in [5.74, 6) is 2.60. The summed E-state index contributed by atoms with van der Waals surface area (Å²) in [5, 5.41) is 2.72. The fourth-order valence-electron chi connectivity index (χ4n) is 1.64. The van der Waals surface area contributed by atoms with Crippen molar-refractivity contribution in [2.75, 3.05) is 7.11 Å². The Hall–Kier alpha value is -1.21. The highest BCUT2D eigenvalue weighted by atomic mass is 16.6. The van der Waals surface area contributed by atoms with Gasteiger partial charge in [-0.2, -0.15) is 0 Å². The molecule has 0 atom stereocenters. The Morgan fingerprint density at radius 1 is 1.50 bits per heavy atom.